The van der Waals surface area contributed by atoms with Gasteiger partial charge >= 0.3 is 0 Å². The van der Waals surface area contributed by atoms with Gasteiger partial charge in [0, 0.05) is 38.5 Å². The summed E-state index contributed by atoms with van der Waals surface area (Å²) in [5, 5.41) is 3.04. The molecular formula is C22H34N4O3S. The number of amides is 1. The number of hydrogen-bond donors (Lipinski definition) is 1. The summed E-state index contributed by atoms with van der Waals surface area (Å²) in [6.45, 7) is 8.19. The molecule has 1 saturated heterocycles. The number of carbonyl (C=O) groups is 1. The average molecular weight is 435 g/mol. The van der Waals surface area contributed by atoms with Crippen LogP contribution in [0, 0.1) is 0 Å². The smallest absolute Gasteiger partial charge is 0.243 e. The minimum Gasteiger partial charge on any atom is -0.354 e. The van der Waals surface area contributed by atoms with E-state index in [1.807, 2.05) is 13.0 Å². The molecule has 0 radical (unpaired) electrons. The fourth-order valence-corrected chi connectivity index (χ4v) is 5.68. The van der Waals surface area contributed by atoms with E-state index in [2.05, 4.69) is 23.7 Å². The van der Waals surface area contributed by atoms with E-state index in [0.717, 1.165) is 50.0 Å². The third-order valence-electron chi connectivity index (χ3n) is 5.65. The van der Waals surface area contributed by atoms with E-state index in [1.54, 1.807) is 16.4 Å². The van der Waals surface area contributed by atoms with Gasteiger partial charge in [0.25, 0.3) is 0 Å². The predicted octanol–water partition coefficient (Wildman–Crippen LogP) is 3.47. The predicted molar refractivity (Wildman–Crippen MR) is 119 cm³/mol. The van der Waals surface area contributed by atoms with Crippen molar-refractivity contribution in [2.24, 2.45) is 0 Å². The van der Waals surface area contributed by atoms with E-state index < -0.39 is 10.0 Å². The molecule has 1 fully saturated rings. The molecule has 0 spiro atoms. The van der Waals surface area contributed by atoms with Gasteiger partial charge in [-0.2, -0.15) is 4.31 Å². The van der Waals surface area contributed by atoms with Crippen LogP contribution in [0.4, 0.5) is 0 Å². The van der Waals surface area contributed by atoms with Crippen LogP contribution in [0.15, 0.2) is 23.1 Å². The van der Waals surface area contributed by atoms with Crippen LogP contribution in [0.5, 0.6) is 0 Å². The van der Waals surface area contributed by atoms with Gasteiger partial charge in [0.1, 0.15) is 5.82 Å². The molecule has 8 heteroatoms. The minimum absolute atomic E-state index is 0.0309. The Morgan fingerprint density at radius 3 is 2.60 bits per heavy atom. The SMILES string of the molecule is CCC[C@@H](C)NC(=O)CCc1nc2cc(S(=O)(=O)N3CCCC3)ccc2n1CCC. The molecule has 1 amide bonds. The number of nitrogens with one attached hydrogen (secondary N) is 1. The van der Waals surface area contributed by atoms with Crippen molar-refractivity contribution in [1.29, 1.82) is 0 Å². The second-order valence-corrected chi connectivity index (χ2v) is 10.1. The van der Waals surface area contributed by atoms with E-state index in [0.29, 0.717) is 36.3 Å². The van der Waals surface area contributed by atoms with Gasteiger partial charge in [-0.25, -0.2) is 13.4 Å². The standard InChI is InChI=1S/C22H34N4O3S/c1-4-8-17(3)23-22(27)12-11-21-24-19-16-18(9-10-20(19)26(21)13-5-2)30(28,29)25-14-6-7-15-25/h9-10,16-17H,4-8,11-15H2,1-3H3,(H,23,27)/t17-/m1/s1. The van der Waals surface area contributed by atoms with E-state index in [9.17, 15) is 13.2 Å². The van der Waals surface area contributed by atoms with Gasteiger partial charge in [-0.05, 0) is 50.8 Å². The fourth-order valence-electron chi connectivity index (χ4n) is 4.14. The molecule has 0 saturated carbocycles. The zero-order valence-corrected chi connectivity index (χ0v) is 19.2. The second-order valence-electron chi connectivity index (χ2n) is 8.20. The Morgan fingerprint density at radius 2 is 1.93 bits per heavy atom. The van der Waals surface area contributed by atoms with Crippen molar-refractivity contribution < 1.29 is 13.2 Å². The molecule has 1 aromatic carbocycles. The first-order valence-corrected chi connectivity index (χ1v) is 12.6. The molecule has 2 aromatic rings. The van der Waals surface area contributed by atoms with Crippen LogP contribution in [0.2, 0.25) is 0 Å². The zero-order valence-electron chi connectivity index (χ0n) is 18.4. The Balaban J connectivity index is 1.82. The molecule has 2 heterocycles. The highest BCUT2D eigenvalue weighted by atomic mass is 32.2. The molecule has 1 aromatic heterocycles. The van der Waals surface area contributed by atoms with Crippen molar-refractivity contribution in [3.05, 3.63) is 24.0 Å². The quantitative estimate of drug-likeness (QED) is 0.621. The van der Waals surface area contributed by atoms with Crippen LogP contribution in [0.1, 0.15) is 65.1 Å². The molecule has 7 nitrogen and oxygen atoms in total. The first kappa shape index (κ1) is 22.7. The zero-order chi connectivity index (χ0) is 21.7. The number of carbonyl (C=O) groups excluding carboxylic acids is 1. The number of fused-ring (bicyclic) bond motifs is 1. The summed E-state index contributed by atoms with van der Waals surface area (Å²) < 4.78 is 29.5. The van der Waals surface area contributed by atoms with Crippen molar-refractivity contribution in [3.63, 3.8) is 0 Å². The molecule has 0 unspecified atom stereocenters. The first-order chi connectivity index (χ1) is 14.4. The van der Waals surface area contributed by atoms with Gasteiger partial charge in [0.05, 0.1) is 15.9 Å². The van der Waals surface area contributed by atoms with Crippen LogP contribution in [0.25, 0.3) is 11.0 Å². The van der Waals surface area contributed by atoms with Gasteiger partial charge in [0.15, 0.2) is 0 Å². The molecule has 0 bridgehead atoms. The Labute approximate surface area is 179 Å². The number of aromatic nitrogens is 2. The van der Waals surface area contributed by atoms with Gasteiger partial charge in [-0.1, -0.05) is 20.3 Å². The Hall–Kier alpha value is -1.93. The van der Waals surface area contributed by atoms with E-state index in [-0.39, 0.29) is 11.9 Å². The molecule has 1 atom stereocenters. The van der Waals surface area contributed by atoms with Crippen LogP contribution in [-0.2, 0) is 27.8 Å². The Kier molecular flexibility index (Phi) is 7.52. The average Bonchev–Trinajstić information content (AvgIpc) is 3.35. The van der Waals surface area contributed by atoms with Gasteiger partial charge in [-0.15, -0.1) is 0 Å². The maximum absolute atomic E-state index is 12.9. The summed E-state index contributed by atoms with van der Waals surface area (Å²) in [4.78, 5) is 17.3. The number of hydrogen-bond acceptors (Lipinski definition) is 4. The lowest BCUT2D eigenvalue weighted by Crippen LogP contribution is -2.32. The highest BCUT2D eigenvalue weighted by Crippen LogP contribution is 2.25. The summed E-state index contributed by atoms with van der Waals surface area (Å²) in [7, 11) is -3.47. The number of rotatable bonds is 10. The van der Waals surface area contributed by atoms with Crippen molar-refractivity contribution in [3.8, 4) is 0 Å². The van der Waals surface area contributed by atoms with Gasteiger partial charge < -0.3 is 9.88 Å². The second kappa shape index (κ2) is 9.92. The molecule has 1 aliphatic rings. The molecule has 1 aliphatic heterocycles. The first-order valence-electron chi connectivity index (χ1n) is 11.2. The van der Waals surface area contributed by atoms with Crippen molar-refractivity contribution >= 4 is 27.0 Å². The number of aryl methyl sites for hydroxylation is 2. The van der Waals surface area contributed by atoms with Crippen molar-refractivity contribution in [2.45, 2.75) is 83.2 Å². The van der Waals surface area contributed by atoms with Crippen molar-refractivity contribution in [1.82, 2.24) is 19.2 Å². The van der Waals surface area contributed by atoms with Gasteiger partial charge in [0.2, 0.25) is 15.9 Å². The molecule has 3 rings (SSSR count). The Morgan fingerprint density at radius 1 is 1.20 bits per heavy atom. The lowest BCUT2D eigenvalue weighted by atomic mass is 10.2. The summed E-state index contributed by atoms with van der Waals surface area (Å²) in [5.74, 6) is 0.865. The largest absolute Gasteiger partial charge is 0.354 e. The van der Waals surface area contributed by atoms with E-state index >= 15 is 0 Å². The van der Waals surface area contributed by atoms with Crippen LogP contribution in [-0.4, -0.2) is 47.3 Å². The molecule has 0 aliphatic carbocycles. The lowest BCUT2D eigenvalue weighted by molar-refractivity contribution is -0.121. The monoisotopic (exact) mass is 434 g/mol. The fraction of sp³-hybridized carbons (Fsp3) is 0.636. The topological polar surface area (TPSA) is 84.3 Å². The van der Waals surface area contributed by atoms with Crippen LogP contribution < -0.4 is 5.32 Å². The summed E-state index contributed by atoms with van der Waals surface area (Å²) >= 11 is 0. The van der Waals surface area contributed by atoms with Crippen LogP contribution in [0.3, 0.4) is 0 Å². The highest BCUT2D eigenvalue weighted by Gasteiger charge is 2.27. The number of benzene rings is 1. The molecule has 1 N–H and O–H groups in total. The normalized spacial score (nSPS) is 16.2. The maximum atomic E-state index is 12.9. The highest BCUT2D eigenvalue weighted by molar-refractivity contribution is 7.89. The third-order valence-corrected chi connectivity index (χ3v) is 7.55. The number of imidazole rings is 1. The third kappa shape index (κ3) is 5.03. The lowest BCUT2D eigenvalue weighted by Gasteiger charge is -2.15. The molecule has 166 valence electrons. The Bertz CT molecular complexity index is 978. The molecular weight excluding hydrogens is 400 g/mol. The molecule has 30 heavy (non-hydrogen) atoms. The number of nitrogens with zero attached hydrogens (tertiary/aromatic N) is 3. The van der Waals surface area contributed by atoms with Crippen LogP contribution >= 0.6 is 0 Å². The number of sulfonamides is 1. The summed E-state index contributed by atoms with van der Waals surface area (Å²) in [5.41, 5.74) is 1.60. The van der Waals surface area contributed by atoms with E-state index in [4.69, 9.17) is 4.98 Å². The van der Waals surface area contributed by atoms with Crippen molar-refractivity contribution in [2.75, 3.05) is 13.1 Å². The summed E-state index contributed by atoms with van der Waals surface area (Å²) in [6, 6.07) is 5.40. The van der Waals surface area contributed by atoms with Gasteiger partial charge in [-0.3, -0.25) is 4.79 Å². The maximum Gasteiger partial charge on any atom is 0.243 e. The minimum atomic E-state index is -3.47. The summed E-state index contributed by atoms with van der Waals surface area (Å²) in [6.07, 6.45) is 5.68. The van der Waals surface area contributed by atoms with E-state index in [1.165, 1.54) is 0 Å².